The van der Waals surface area contributed by atoms with Crippen molar-refractivity contribution in [1.82, 2.24) is 0 Å². The molecule has 0 bridgehead atoms. The summed E-state index contributed by atoms with van der Waals surface area (Å²) in [5.41, 5.74) is 1.71. The number of allylic oxidation sites excluding steroid dienone is 1. The summed E-state index contributed by atoms with van der Waals surface area (Å²) in [4.78, 5) is 40.4. The van der Waals surface area contributed by atoms with E-state index in [9.17, 15) is 14.4 Å². The Morgan fingerprint density at radius 2 is 2.07 bits per heavy atom. The smallest absolute Gasteiger partial charge is 0.334 e. The van der Waals surface area contributed by atoms with Gasteiger partial charge in [0.25, 0.3) is 0 Å². The number of carbonyl (C=O) groups excluding carboxylic acids is 3. The summed E-state index contributed by atoms with van der Waals surface area (Å²) >= 11 is 0. The number of esters is 3. The van der Waals surface area contributed by atoms with E-state index in [0.717, 1.165) is 11.1 Å². The van der Waals surface area contributed by atoms with Crippen molar-refractivity contribution < 1.29 is 38.7 Å². The van der Waals surface area contributed by atoms with E-state index in [1.807, 2.05) is 13.0 Å². The molecule has 1 aliphatic heterocycles. The molecule has 0 unspecified atom stereocenters. The van der Waals surface area contributed by atoms with E-state index in [4.69, 9.17) is 19.5 Å². The minimum absolute atomic E-state index is 0.0440. The summed E-state index contributed by atoms with van der Waals surface area (Å²) in [6, 6.07) is 0. The van der Waals surface area contributed by atoms with Crippen LogP contribution in [0.25, 0.3) is 0 Å². The molecule has 1 aliphatic carbocycles. The minimum atomic E-state index is -0.720. The maximum atomic E-state index is 12.6. The summed E-state index contributed by atoms with van der Waals surface area (Å²) in [7, 11) is 0. The van der Waals surface area contributed by atoms with Gasteiger partial charge in [-0.25, -0.2) is 9.68 Å². The van der Waals surface area contributed by atoms with Gasteiger partial charge in [-0.3, -0.25) is 14.8 Å². The first-order valence-corrected chi connectivity index (χ1v) is 10.1. The molecular formula is C22H30O8. The van der Waals surface area contributed by atoms with E-state index in [-0.39, 0.29) is 37.1 Å². The Labute approximate surface area is 176 Å². The van der Waals surface area contributed by atoms with Crippen molar-refractivity contribution in [3.8, 4) is 0 Å². The topological polar surface area (TPSA) is 108 Å². The van der Waals surface area contributed by atoms with Gasteiger partial charge in [0.15, 0.2) is 0 Å². The molecule has 0 amide bonds. The monoisotopic (exact) mass is 422 g/mol. The predicted octanol–water partition coefficient (Wildman–Crippen LogP) is 3.13. The SMILES string of the molecule is C=C1C(=O)O[C@@H]2/C=C(\COO)CC/C=C(\COC(C)=O)C[C@@H](OC(=O)[C@H](C)CC)[C@@H]12. The fraction of sp³-hybridized carbons (Fsp3) is 0.591. The predicted molar refractivity (Wildman–Crippen MR) is 107 cm³/mol. The lowest BCUT2D eigenvalue weighted by Crippen LogP contribution is -2.35. The Morgan fingerprint density at radius 1 is 1.33 bits per heavy atom. The molecule has 2 aliphatic rings. The fourth-order valence-electron chi connectivity index (χ4n) is 3.49. The van der Waals surface area contributed by atoms with Crippen molar-refractivity contribution >= 4 is 17.9 Å². The second kappa shape index (κ2) is 11.1. The number of carbonyl (C=O) groups is 3. The molecule has 166 valence electrons. The standard InChI is InChI=1S/C22H30O8/c1-5-13(2)21(24)29-18-9-16(11-27-15(4)23)7-6-8-17(12-28-26)10-19-20(18)14(3)22(25)30-19/h7,10,13,18-20,26H,3,5-6,8-9,11-12H2,1-2,4H3/b16-7-,17-10-/t13-,18-,19-,20-/m1/s1. The summed E-state index contributed by atoms with van der Waals surface area (Å²) < 4.78 is 16.4. The van der Waals surface area contributed by atoms with Crippen LogP contribution in [-0.2, 0) is 33.5 Å². The van der Waals surface area contributed by atoms with E-state index in [1.165, 1.54) is 6.92 Å². The van der Waals surface area contributed by atoms with Crippen LogP contribution in [0.15, 0.2) is 35.5 Å². The third-order valence-corrected chi connectivity index (χ3v) is 5.42. The Balaban J connectivity index is 2.41. The van der Waals surface area contributed by atoms with Gasteiger partial charge in [0, 0.05) is 18.9 Å². The highest BCUT2D eigenvalue weighted by Gasteiger charge is 2.45. The largest absolute Gasteiger partial charge is 0.461 e. The average Bonchev–Trinajstić information content (AvgIpc) is 2.97. The van der Waals surface area contributed by atoms with Gasteiger partial charge < -0.3 is 14.2 Å². The Morgan fingerprint density at radius 3 is 2.70 bits per heavy atom. The second-order valence-corrected chi connectivity index (χ2v) is 7.69. The first kappa shape index (κ1) is 23.8. The summed E-state index contributed by atoms with van der Waals surface area (Å²) in [6.07, 6.45) is 4.26. The normalized spacial score (nSPS) is 28.9. The van der Waals surface area contributed by atoms with Gasteiger partial charge in [-0.2, -0.15) is 0 Å². The van der Waals surface area contributed by atoms with Crippen LogP contribution in [0.5, 0.6) is 0 Å². The first-order chi connectivity index (χ1) is 14.3. The molecule has 8 nitrogen and oxygen atoms in total. The van der Waals surface area contributed by atoms with Gasteiger partial charge in [-0.1, -0.05) is 26.5 Å². The molecule has 4 atom stereocenters. The van der Waals surface area contributed by atoms with Crippen LogP contribution in [0.4, 0.5) is 0 Å². The van der Waals surface area contributed by atoms with E-state index < -0.39 is 30.1 Å². The maximum Gasteiger partial charge on any atom is 0.334 e. The zero-order valence-electron chi connectivity index (χ0n) is 17.7. The van der Waals surface area contributed by atoms with Crippen LogP contribution in [0, 0.1) is 11.8 Å². The molecule has 30 heavy (non-hydrogen) atoms. The lowest BCUT2D eigenvalue weighted by Gasteiger charge is -2.29. The quantitative estimate of drug-likeness (QED) is 0.166. The highest BCUT2D eigenvalue weighted by atomic mass is 17.1. The number of hydrogen-bond donors (Lipinski definition) is 1. The Bertz CT molecular complexity index is 735. The second-order valence-electron chi connectivity index (χ2n) is 7.69. The number of rotatable bonds is 7. The third-order valence-electron chi connectivity index (χ3n) is 5.42. The van der Waals surface area contributed by atoms with Gasteiger partial charge in [-0.05, 0) is 36.5 Å². The maximum absolute atomic E-state index is 12.6. The lowest BCUT2D eigenvalue weighted by atomic mass is 9.85. The highest BCUT2D eigenvalue weighted by Crippen LogP contribution is 2.36. The van der Waals surface area contributed by atoms with E-state index in [2.05, 4.69) is 11.5 Å². The molecular weight excluding hydrogens is 392 g/mol. The van der Waals surface area contributed by atoms with E-state index in [1.54, 1.807) is 13.0 Å². The van der Waals surface area contributed by atoms with Crippen LogP contribution >= 0.6 is 0 Å². The average molecular weight is 422 g/mol. The van der Waals surface area contributed by atoms with Gasteiger partial charge in [0.2, 0.25) is 0 Å². The molecule has 2 rings (SSSR count). The molecule has 0 aromatic carbocycles. The molecule has 0 saturated carbocycles. The third kappa shape index (κ3) is 6.27. The van der Waals surface area contributed by atoms with Crippen molar-refractivity contribution in [2.75, 3.05) is 13.2 Å². The van der Waals surface area contributed by atoms with E-state index >= 15 is 0 Å². The first-order valence-electron chi connectivity index (χ1n) is 10.1. The molecule has 8 heteroatoms. The zero-order chi connectivity index (χ0) is 22.3. The lowest BCUT2D eigenvalue weighted by molar-refractivity contribution is -0.234. The van der Waals surface area contributed by atoms with Crippen LogP contribution in [0.3, 0.4) is 0 Å². The van der Waals surface area contributed by atoms with E-state index in [0.29, 0.717) is 19.3 Å². The summed E-state index contributed by atoms with van der Waals surface area (Å²) in [5.74, 6) is -2.25. The molecule has 1 N–H and O–H groups in total. The van der Waals surface area contributed by atoms with Gasteiger partial charge in [0.1, 0.15) is 25.4 Å². The summed E-state index contributed by atoms with van der Waals surface area (Å²) in [6.45, 7) is 8.86. The molecule has 0 aromatic heterocycles. The fourth-order valence-corrected chi connectivity index (χ4v) is 3.49. The van der Waals surface area contributed by atoms with Crippen LogP contribution < -0.4 is 0 Å². The number of hydrogen-bond acceptors (Lipinski definition) is 8. The zero-order valence-corrected chi connectivity index (χ0v) is 17.7. The highest BCUT2D eigenvalue weighted by molar-refractivity contribution is 5.91. The van der Waals surface area contributed by atoms with Gasteiger partial charge in [-0.15, -0.1) is 0 Å². The molecule has 1 fully saturated rings. The van der Waals surface area contributed by atoms with Crippen LogP contribution in [0.2, 0.25) is 0 Å². The van der Waals surface area contributed by atoms with Crippen molar-refractivity contribution in [3.63, 3.8) is 0 Å². The molecule has 0 spiro atoms. The van der Waals surface area contributed by atoms with Crippen molar-refractivity contribution in [2.24, 2.45) is 11.8 Å². The Kier molecular flexibility index (Phi) is 8.80. The molecule has 0 radical (unpaired) electrons. The van der Waals surface area contributed by atoms with Gasteiger partial charge in [0.05, 0.1) is 11.8 Å². The summed E-state index contributed by atoms with van der Waals surface area (Å²) in [5, 5.41) is 8.90. The van der Waals surface area contributed by atoms with Crippen molar-refractivity contribution in [3.05, 3.63) is 35.5 Å². The Hall–Kier alpha value is -2.45. The van der Waals surface area contributed by atoms with Crippen LogP contribution in [-0.4, -0.2) is 48.6 Å². The minimum Gasteiger partial charge on any atom is -0.461 e. The molecule has 0 aromatic rings. The number of fused-ring (bicyclic) bond motifs is 1. The molecule has 1 saturated heterocycles. The van der Waals surface area contributed by atoms with Gasteiger partial charge >= 0.3 is 17.9 Å². The molecule has 1 heterocycles. The van der Waals surface area contributed by atoms with Crippen LogP contribution in [0.1, 0.15) is 46.5 Å². The number of ether oxygens (including phenoxy) is 3. The van der Waals surface area contributed by atoms with Crippen molar-refractivity contribution in [1.29, 1.82) is 0 Å². The van der Waals surface area contributed by atoms with Crippen molar-refractivity contribution in [2.45, 2.75) is 58.7 Å².